The maximum absolute atomic E-state index is 14.8. The zero-order valence-corrected chi connectivity index (χ0v) is 26.5. The fourth-order valence-corrected chi connectivity index (χ4v) is 6.98. The van der Waals surface area contributed by atoms with Gasteiger partial charge in [0.1, 0.15) is 33.5 Å². The van der Waals surface area contributed by atoms with E-state index in [0.717, 1.165) is 0 Å². The van der Waals surface area contributed by atoms with E-state index >= 15 is 0 Å². The molecule has 0 N–H and O–H groups in total. The molecular weight excluding hydrogens is 607 g/mol. The van der Waals surface area contributed by atoms with E-state index in [0.29, 0.717) is 55.3 Å². The van der Waals surface area contributed by atoms with Crippen molar-refractivity contribution in [1.29, 1.82) is 0 Å². The molecule has 0 aromatic heterocycles. The first-order valence-electron chi connectivity index (χ1n) is 13.3. The molecule has 0 bridgehead atoms. The van der Waals surface area contributed by atoms with Crippen molar-refractivity contribution in [3.8, 4) is 23.0 Å². The predicted octanol–water partition coefficient (Wildman–Crippen LogP) is 8.65. The first-order valence-corrected chi connectivity index (χ1v) is 15.6. The van der Waals surface area contributed by atoms with Crippen molar-refractivity contribution in [3.63, 3.8) is 0 Å². The maximum atomic E-state index is 14.8. The molecule has 0 aliphatic rings. The summed E-state index contributed by atoms with van der Waals surface area (Å²) in [5, 5.41) is -1.17. The second-order valence-electron chi connectivity index (χ2n) is 9.40. The lowest BCUT2D eigenvalue weighted by Gasteiger charge is -2.22. The number of rotatable bonds is 12. The molecule has 6 nitrogen and oxygen atoms in total. The normalized spacial score (nSPS) is 13.2. The molecule has 0 heterocycles. The van der Waals surface area contributed by atoms with Crippen LogP contribution in [0, 0.1) is 0 Å². The summed E-state index contributed by atoms with van der Waals surface area (Å²) < 4.78 is 51.7. The Labute approximate surface area is 263 Å². The van der Waals surface area contributed by atoms with Gasteiger partial charge >= 0.3 is 0 Å². The first kappa shape index (κ1) is 32.0. The lowest BCUT2D eigenvalue weighted by Crippen LogP contribution is -2.19. The van der Waals surface area contributed by atoms with Crippen LogP contribution < -0.4 is 18.9 Å². The van der Waals surface area contributed by atoms with Crippen LogP contribution in [0.2, 0.25) is 10.0 Å². The highest BCUT2D eigenvalue weighted by Crippen LogP contribution is 2.40. The minimum atomic E-state index is -4.04. The van der Waals surface area contributed by atoms with Gasteiger partial charge in [-0.2, -0.15) is 0 Å². The Morgan fingerprint density at radius 2 is 0.837 bits per heavy atom. The van der Waals surface area contributed by atoms with Gasteiger partial charge in [0.2, 0.25) is 0 Å². The molecule has 43 heavy (non-hydrogen) atoms. The van der Waals surface area contributed by atoms with E-state index in [9.17, 15) is 8.42 Å². The van der Waals surface area contributed by atoms with Crippen LogP contribution in [0.5, 0.6) is 23.0 Å². The third kappa shape index (κ3) is 7.36. The van der Waals surface area contributed by atoms with Gasteiger partial charge in [0.25, 0.3) is 0 Å². The molecule has 9 heteroatoms. The highest BCUT2D eigenvalue weighted by atomic mass is 35.5. The summed E-state index contributed by atoms with van der Waals surface area (Å²) in [4.78, 5) is 0. The number of benzene rings is 4. The molecule has 4 aromatic rings. The van der Waals surface area contributed by atoms with Gasteiger partial charge in [-0.25, -0.2) is 8.42 Å². The third-order valence-corrected chi connectivity index (χ3v) is 9.69. The van der Waals surface area contributed by atoms with Gasteiger partial charge in [-0.3, -0.25) is 0 Å². The lowest BCUT2D eigenvalue weighted by molar-refractivity contribution is 0.392. The molecule has 0 spiro atoms. The van der Waals surface area contributed by atoms with Crippen molar-refractivity contribution in [2.75, 3.05) is 28.4 Å². The van der Waals surface area contributed by atoms with Crippen LogP contribution in [0.15, 0.2) is 97.1 Å². The molecule has 0 saturated heterocycles. The lowest BCUT2D eigenvalue weighted by atomic mass is 10.1. The van der Waals surface area contributed by atoms with Gasteiger partial charge in [0.15, 0.2) is 9.84 Å². The summed E-state index contributed by atoms with van der Waals surface area (Å²) in [7, 11) is 2.16. The van der Waals surface area contributed by atoms with Crippen molar-refractivity contribution in [3.05, 3.63) is 129 Å². The standard InChI is InChI=1S/C34H32Cl2O6S/c1-39-29-7-5-8-30(40-2)27(29)19-21-33(23-11-15-25(35)16-12-23)43(37,38)34(24-13-17-26(36)18-14-24)22-20-28-31(41-3)9-6-10-32(28)42-4/h5-22,33-34H,1-4H3/b21-19+,22-20+. The van der Waals surface area contributed by atoms with Crippen LogP contribution in [0.4, 0.5) is 0 Å². The molecule has 2 unspecified atom stereocenters. The molecule has 0 saturated carbocycles. The number of ether oxygens (including phenoxy) is 4. The quantitative estimate of drug-likeness (QED) is 0.155. The van der Waals surface area contributed by atoms with Crippen molar-refractivity contribution in [2.24, 2.45) is 0 Å². The molecule has 0 aliphatic carbocycles. The van der Waals surface area contributed by atoms with Crippen molar-refractivity contribution in [1.82, 2.24) is 0 Å². The fraction of sp³-hybridized carbons (Fsp3) is 0.176. The summed E-state index contributed by atoms with van der Waals surface area (Å²) in [6, 6.07) is 24.3. The Balaban J connectivity index is 1.91. The summed E-state index contributed by atoms with van der Waals surface area (Å²) in [5.41, 5.74) is 2.30. The Morgan fingerprint density at radius 1 is 0.535 bits per heavy atom. The van der Waals surface area contributed by atoms with Gasteiger partial charge in [-0.15, -0.1) is 0 Å². The van der Waals surface area contributed by atoms with E-state index in [1.54, 1.807) is 138 Å². The zero-order valence-electron chi connectivity index (χ0n) is 24.2. The topological polar surface area (TPSA) is 71.1 Å². The molecule has 224 valence electrons. The van der Waals surface area contributed by atoms with Crippen LogP contribution in [-0.2, 0) is 9.84 Å². The highest BCUT2D eigenvalue weighted by molar-refractivity contribution is 7.92. The van der Waals surface area contributed by atoms with Gasteiger partial charge in [-0.1, -0.05) is 71.8 Å². The molecule has 0 aliphatic heterocycles. The molecule has 4 aromatic carbocycles. The molecule has 0 fully saturated rings. The molecular formula is C34H32Cl2O6S. The minimum absolute atomic E-state index is 0.493. The average molecular weight is 640 g/mol. The highest BCUT2D eigenvalue weighted by Gasteiger charge is 2.34. The van der Waals surface area contributed by atoms with Gasteiger partial charge in [-0.05, 0) is 71.8 Å². The molecule has 0 amide bonds. The van der Waals surface area contributed by atoms with Gasteiger partial charge < -0.3 is 18.9 Å². The monoisotopic (exact) mass is 638 g/mol. The maximum Gasteiger partial charge on any atom is 0.171 e. The molecule has 0 radical (unpaired) electrons. The van der Waals surface area contributed by atoms with E-state index < -0.39 is 20.3 Å². The predicted molar refractivity (Wildman–Crippen MR) is 174 cm³/mol. The average Bonchev–Trinajstić information content (AvgIpc) is 3.02. The van der Waals surface area contributed by atoms with Gasteiger partial charge in [0.05, 0.1) is 39.6 Å². The largest absolute Gasteiger partial charge is 0.496 e. The number of hydrogen-bond donors (Lipinski definition) is 0. The summed E-state index contributed by atoms with van der Waals surface area (Å²) in [5.74, 6) is 2.17. The second-order valence-corrected chi connectivity index (χ2v) is 12.5. The van der Waals surface area contributed by atoms with E-state index in [2.05, 4.69) is 0 Å². The second kappa shape index (κ2) is 14.5. The number of methoxy groups -OCH3 is 4. The third-order valence-electron chi connectivity index (χ3n) is 6.91. The first-order chi connectivity index (χ1) is 20.7. The Bertz CT molecular complexity index is 1530. The van der Waals surface area contributed by atoms with E-state index in [-0.39, 0.29) is 0 Å². The van der Waals surface area contributed by atoms with Crippen LogP contribution in [0.25, 0.3) is 12.2 Å². The Hall–Kier alpha value is -3.91. The van der Waals surface area contributed by atoms with Crippen LogP contribution in [0.3, 0.4) is 0 Å². The zero-order chi connectivity index (χ0) is 31.0. The molecule has 4 rings (SSSR count). The Morgan fingerprint density at radius 3 is 1.12 bits per heavy atom. The van der Waals surface area contributed by atoms with Crippen molar-refractivity contribution >= 4 is 45.2 Å². The smallest absolute Gasteiger partial charge is 0.171 e. The number of sulfone groups is 1. The minimum Gasteiger partial charge on any atom is -0.496 e. The van der Waals surface area contributed by atoms with Gasteiger partial charge in [0, 0.05) is 10.0 Å². The summed E-state index contributed by atoms with van der Waals surface area (Å²) in [6.07, 6.45) is 6.69. The number of halogens is 2. The molecule has 2 atom stereocenters. The van der Waals surface area contributed by atoms with Crippen molar-refractivity contribution in [2.45, 2.75) is 10.5 Å². The van der Waals surface area contributed by atoms with E-state index in [1.807, 2.05) is 0 Å². The fourth-order valence-electron chi connectivity index (χ4n) is 4.74. The van der Waals surface area contributed by atoms with Crippen LogP contribution in [-0.4, -0.2) is 36.9 Å². The summed E-state index contributed by atoms with van der Waals surface area (Å²) in [6.45, 7) is 0. The van der Waals surface area contributed by atoms with Crippen LogP contribution in [0.1, 0.15) is 32.8 Å². The van der Waals surface area contributed by atoms with E-state index in [1.165, 1.54) is 0 Å². The van der Waals surface area contributed by atoms with E-state index in [4.69, 9.17) is 42.1 Å². The number of hydrogen-bond acceptors (Lipinski definition) is 6. The Kier molecular flexibility index (Phi) is 10.8. The van der Waals surface area contributed by atoms with Crippen LogP contribution >= 0.6 is 23.2 Å². The summed E-state index contributed by atoms with van der Waals surface area (Å²) >= 11 is 12.4. The SMILES string of the molecule is COc1cccc(OC)c1/C=C/C(c1ccc(Cl)cc1)S(=O)(=O)C(/C=C/c1c(OC)cccc1OC)c1ccc(Cl)cc1. The van der Waals surface area contributed by atoms with Crippen molar-refractivity contribution < 1.29 is 27.4 Å².